The van der Waals surface area contributed by atoms with E-state index < -0.39 is 46.7 Å². The van der Waals surface area contributed by atoms with E-state index in [2.05, 4.69) is 32.2 Å². The third-order valence-electron chi connectivity index (χ3n) is 8.86. The number of fused-ring (bicyclic) bond motifs is 2. The van der Waals surface area contributed by atoms with E-state index in [0.717, 1.165) is 19.0 Å². The Morgan fingerprint density at radius 1 is 1.13 bits per heavy atom. The average molecular weight is 629 g/mol. The fourth-order valence-corrected chi connectivity index (χ4v) is 6.83. The highest BCUT2D eigenvalue weighted by Crippen LogP contribution is 2.42. The largest absolute Gasteiger partial charge is 0.461 e. The lowest BCUT2D eigenvalue weighted by Gasteiger charge is -2.38. The fraction of sp³-hybridized carbons (Fsp3) is 0.517. The molecule has 2 N–H and O–H groups in total. The van der Waals surface area contributed by atoms with E-state index in [0.29, 0.717) is 6.42 Å². The van der Waals surface area contributed by atoms with Crippen LogP contribution in [0.25, 0.3) is 22.3 Å². The van der Waals surface area contributed by atoms with Crippen molar-refractivity contribution in [1.82, 2.24) is 29.7 Å². The van der Waals surface area contributed by atoms with Crippen LogP contribution < -0.4 is 15.4 Å². The molecule has 0 spiro atoms. The first kappa shape index (κ1) is 30.5. The predicted molar refractivity (Wildman–Crippen MR) is 152 cm³/mol. The number of aryl methyl sites for hydroxylation is 1. The van der Waals surface area contributed by atoms with Gasteiger partial charge in [-0.2, -0.15) is 33.7 Å². The molecule has 3 aliphatic rings. The summed E-state index contributed by atoms with van der Waals surface area (Å²) in [6.07, 6.45) is -0.784. The molecule has 0 unspecified atom stereocenters. The number of ether oxygens (including phenoxy) is 1. The molecule has 45 heavy (non-hydrogen) atoms. The van der Waals surface area contributed by atoms with Gasteiger partial charge in [-0.05, 0) is 37.9 Å². The molecule has 0 radical (unpaired) electrons. The normalized spacial score (nSPS) is 23.6. The van der Waals surface area contributed by atoms with Crippen LogP contribution in [-0.4, -0.2) is 86.8 Å². The number of nitrogens with two attached hydrogens (primary N) is 1. The van der Waals surface area contributed by atoms with Gasteiger partial charge in [-0.15, -0.1) is 0 Å². The summed E-state index contributed by atoms with van der Waals surface area (Å²) in [6.45, 7) is 2.92. The molecule has 0 aromatic carbocycles. The first-order valence-corrected chi connectivity index (χ1v) is 14.4. The zero-order valence-corrected chi connectivity index (χ0v) is 24.3. The van der Waals surface area contributed by atoms with E-state index >= 15 is 4.39 Å². The molecular formula is C29H29F5N10O. The summed E-state index contributed by atoms with van der Waals surface area (Å²) in [5, 5.41) is 19.0. The van der Waals surface area contributed by atoms with Crippen molar-refractivity contribution in [1.29, 1.82) is 10.5 Å². The zero-order valence-electron chi connectivity index (χ0n) is 24.3. The Balaban J connectivity index is 1.48. The van der Waals surface area contributed by atoms with Crippen LogP contribution in [0.1, 0.15) is 36.8 Å². The van der Waals surface area contributed by atoms with Gasteiger partial charge in [-0.1, -0.05) is 0 Å². The summed E-state index contributed by atoms with van der Waals surface area (Å²) < 4.78 is 79.2. The summed E-state index contributed by atoms with van der Waals surface area (Å²) in [4.78, 5) is 22.0. The number of alkyl halides is 4. The molecule has 0 amide bonds. The van der Waals surface area contributed by atoms with E-state index in [9.17, 15) is 28.1 Å². The molecule has 6 rings (SSSR count). The van der Waals surface area contributed by atoms with Crippen LogP contribution >= 0.6 is 0 Å². The highest BCUT2D eigenvalue weighted by molar-refractivity contribution is 5.92. The summed E-state index contributed by atoms with van der Waals surface area (Å²) in [6, 6.07) is 2.38. The van der Waals surface area contributed by atoms with E-state index in [4.69, 9.17) is 10.5 Å². The van der Waals surface area contributed by atoms with E-state index in [-0.39, 0.29) is 79.7 Å². The zero-order chi connectivity index (χ0) is 32.1. The van der Waals surface area contributed by atoms with Gasteiger partial charge in [0.25, 0.3) is 0 Å². The van der Waals surface area contributed by atoms with Gasteiger partial charge in [0.1, 0.15) is 41.3 Å². The molecule has 3 aliphatic heterocycles. The molecule has 3 aromatic heterocycles. The minimum atomic E-state index is -4.88. The van der Waals surface area contributed by atoms with Crippen LogP contribution in [0.15, 0.2) is 12.3 Å². The Bertz CT molecular complexity index is 1720. The van der Waals surface area contributed by atoms with Crippen molar-refractivity contribution in [3.63, 3.8) is 0 Å². The average Bonchev–Trinajstić information content (AvgIpc) is 3.50. The van der Waals surface area contributed by atoms with Crippen LogP contribution in [0, 0.1) is 35.5 Å². The number of anilines is 2. The third kappa shape index (κ3) is 5.48. The van der Waals surface area contributed by atoms with Crippen molar-refractivity contribution >= 4 is 22.5 Å². The number of halogens is 5. The lowest BCUT2D eigenvalue weighted by Crippen LogP contribution is -2.51. The lowest BCUT2D eigenvalue weighted by molar-refractivity contribution is -0.137. The van der Waals surface area contributed by atoms with Crippen molar-refractivity contribution in [3.8, 4) is 29.7 Å². The summed E-state index contributed by atoms with van der Waals surface area (Å²) in [7, 11) is 0. The number of nitrogens with zero attached hydrogens (tertiary/aromatic N) is 9. The van der Waals surface area contributed by atoms with Crippen molar-refractivity contribution in [2.24, 2.45) is 0 Å². The molecule has 6 heterocycles. The molecule has 236 valence electrons. The number of hydrogen-bond acceptors (Lipinski definition) is 11. The van der Waals surface area contributed by atoms with E-state index in [1.807, 2.05) is 4.90 Å². The maximum Gasteiger partial charge on any atom is 0.418 e. The fourth-order valence-electron chi connectivity index (χ4n) is 6.83. The lowest BCUT2D eigenvalue weighted by atomic mass is 9.95. The number of hydrogen-bond donors (Lipinski definition) is 1. The van der Waals surface area contributed by atoms with Gasteiger partial charge in [0.2, 0.25) is 0 Å². The summed E-state index contributed by atoms with van der Waals surface area (Å²) in [5.74, 6) is -1.25. The number of nitriles is 2. The molecule has 0 saturated carbocycles. The standard InChI is InChI=1S/C29H29F5N10O/c1-16-9-20(37)39-24(21(16)29(32,33)34)25-22(31)23-19(11-38-25)26(42-7-8-43(15-36)18(13-42)3-5-35)41-27(40-23)45-14-28-4-2-6-44(28)12-17(30)10-28/h9,11,17-18H,2-4,6-8,10,12-14H2,1H3,(H2,37,39)/t17-,18+,28+/m1/s1. The minimum Gasteiger partial charge on any atom is -0.461 e. The van der Waals surface area contributed by atoms with Gasteiger partial charge >= 0.3 is 12.2 Å². The summed E-state index contributed by atoms with van der Waals surface area (Å²) in [5.41, 5.74) is 1.94. The highest BCUT2D eigenvalue weighted by atomic mass is 19.4. The predicted octanol–water partition coefficient (Wildman–Crippen LogP) is 3.98. The molecular weight excluding hydrogens is 599 g/mol. The second-order valence-electron chi connectivity index (χ2n) is 11.7. The maximum atomic E-state index is 16.4. The van der Waals surface area contributed by atoms with Crippen LogP contribution in [0.4, 0.5) is 33.6 Å². The Hall–Kier alpha value is -4.57. The monoisotopic (exact) mass is 628 g/mol. The highest BCUT2D eigenvalue weighted by Gasteiger charge is 2.49. The van der Waals surface area contributed by atoms with Gasteiger partial charge in [-0.3, -0.25) is 9.88 Å². The second-order valence-corrected chi connectivity index (χ2v) is 11.7. The Labute approximate surface area is 255 Å². The second kappa shape index (κ2) is 11.4. The molecule has 3 saturated heterocycles. The molecule has 0 aliphatic carbocycles. The molecule has 3 aromatic rings. The third-order valence-corrected chi connectivity index (χ3v) is 8.86. The van der Waals surface area contributed by atoms with Crippen molar-refractivity contribution in [2.45, 2.75) is 56.5 Å². The first-order valence-electron chi connectivity index (χ1n) is 14.4. The van der Waals surface area contributed by atoms with Crippen LogP contribution in [0.5, 0.6) is 6.01 Å². The molecule has 16 heteroatoms. The van der Waals surface area contributed by atoms with Gasteiger partial charge in [0, 0.05) is 38.8 Å². The van der Waals surface area contributed by atoms with Gasteiger partial charge in [0.05, 0.1) is 35.0 Å². The van der Waals surface area contributed by atoms with Gasteiger partial charge < -0.3 is 20.3 Å². The minimum absolute atomic E-state index is 0.0331. The van der Waals surface area contributed by atoms with Gasteiger partial charge in [0.15, 0.2) is 12.0 Å². The summed E-state index contributed by atoms with van der Waals surface area (Å²) >= 11 is 0. The van der Waals surface area contributed by atoms with Crippen molar-refractivity contribution < 1.29 is 26.7 Å². The van der Waals surface area contributed by atoms with Crippen LogP contribution in [0.3, 0.4) is 0 Å². The first-order chi connectivity index (χ1) is 21.4. The number of aromatic nitrogens is 4. The topological polar surface area (TPSA) is 144 Å². The molecule has 11 nitrogen and oxygen atoms in total. The van der Waals surface area contributed by atoms with Gasteiger partial charge in [-0.25, -0.2) is 13.8 Å². The quantitative estimate of drug-likeness (QED) is 0.313. The van der Waals surface area contributed by atoms with Crippen molar-refractivity contribution in [3.05, 3.63) is 29.2 Å². The maximum absolute atomic E-state index is 16.4. The molecule has 0 bridgehead atoms. The Kier molecular flexibility index (Phi) is 7.72. The number of pyridine rings is 2. The van der Waals surface area contributed by atoms with Crippen LogP contribution in [0.2, 0.25) is 0 Å². The smallest absolute Gasteiger partial charge is 0.418 e. The number of rotatable bonds is 6. The van der Waals surface area contributed by atoms with E-state index in [1.54, 1.807) is 4.90 Å². The number of piperazine rings is 1. The Morgan fingerprint density at radius 2 is 1.93 bits per heavy atom. The van der Waals surface area contributed by atoms with Crippen molar-refractivity contribution in [2.75, 3.05) is 50.0 Å². The molecule has 3 atom stereocenters. The number of nitrogen functional groups attached to an aromatic ring is 1. The SMILES string of the molecule is Cc1cc(N)nc(-c2ncc3c(N4CCN(C#N)[C@@H](CC#N)C4)nc(OC[C@@]45CCCN4C[C@H](F)C5)nc3c2F)c1C(F)(F)F. The van der Waals surface area contributed by atoms with Crippen LogP contribution in [-0.2, 0) is 6.18 Å². The Morgan fingerprint density at radius 3 is 2.67 bits per heavy atom. The molecule has 3 fully saturated rings. The van der Waals surface area contributed by atoms with E-state index in [1.165, 1.54) is 18.0 Å².